The highest BCUT2D eigenvalue weighted by atomic mass is 127. The van der Waals surface area contributed by atoms with Crippen LogP contribution in [0.15, 0.2) is 28.6 Å². The molecular weight excluding hydrogens is 475 g/mol. The molecule has 27 heavy (non-hydrogen) atoms. The predicted octanol–water partition coefficient (Wildman–Crippen LogP) is 3.81. The summed E-state index contributed by atoms with van der Waals surface area (Å²) in [5, 5.41) is 9.89. The van der Waals surface area contributed by atoms with Gasteiger partial charge in [0.1, 0.15) is 0 Å². The third kappa shape index (κ3) is 7.17. The maximum absolute atomic E-state index is 5.34. The Morgan fingerprint density at radius 2 is 1.93 bits per heavy atom. The molecule has 0 saturated heterocycles. The van der Waals surface area contributed by atoms with Gasteiger partial charge in [-0.05, 0) is 24.1 Å². The van der Waals surface area contributed by atoms with Crippen molar-refractivity contribution in [2.45, 2.75) is 32.7 Å². The van der Waals surface area contributed by atoms with Crippen molar-refractivity contribution in [3.63, 3.8) is 0 Å². The van der Waals surface area contributed by atoms with E-state index >= 15 is 0 Å². The van der Waals surface area contributed by atoms with Crippen molar-refractivity contribution in [1.29, 1.82) is 0 Å². The molecule has 8 heteroatoms. The largest absolute Gasteiger partial charge is 0.493 e. The third-order valence-electron chi connectivity index (χ3n) is 3.88. The molecule has 150 valence electrons. The first-order chi connectivity index (χ1) is 12.6. The zero-order valence-electron chi connectivity index (χ0n) is 16.5. The number of thiazole rings is 1. The van der Waals surface area contributed by atoms with Gasteiger partial charge >= 0.3 is 0 Å². The molecule has 0 spiro atoms. The van der Waals surface area contributed by atoms with E-state index in [0.29, 0.717) is 12.5 Å². The molecule has 0 fully saturated rings. The van der Waals surface area contributed by atoms with Crippen molar-refractivity contribution in [1.82, 2.24) is 15.6 Å². The summed E-state index contributed by atoms with van der Waals surface area (Å²) >= 11 is 1.70. The summed E-state index contributed by atoms with van der Waals surface area (Å²) in [6, 6.07) is 5.97. The minimum atomic E-state index is 0. The number of halogens is 1. The molecule has 1 aromatic heterocycles. The Labute approximate surface area is 182 Å². The van der Waals surface area contributed by atoms with Gasteiger partial charge in [0, 0.05) is 24.9 Å². The Morgan fingerprint density at radius 1 is 1.19 bits per heavy atom. The highest BCUT2D eigenvalue weighted by Gasteiger charge is 2.07. The van der Waals surface area contributed by atoms with E-state index in [1.807, 2.05) is 18.2 Å². The van der Waals surface area contributed by atoms with Crippen molar-refractivity contribution < 1.29 is 9.47 Å². The Kier molecular flexibility index (Phi) is 10.5. The summed E-state index contributed by atoms with van der Waals surface area (Å²) < 4.78 is 10.6. The molecule has 0 atom stereocenters. The molecule has 1 aromatic carbocycles. The van der Waals surface area contributed by atoms with E-state index in [4.69, 9.17) is 9.47 Å². The van der Waals surface area contributed by atoms with Crippen LogP contribution in [-0.2, 0) is 13.0 Å². The standard InChI is InChI=1S/C19H28N4O2S.HI/c1-13(2)18-23-15(12-26-18)11-22-19(20-3)21-9-8-14-6-7-16(24-4)17(10-14)25-5;/h6-7,10,12-13H,8-9,11H2,1-5H3,(H2,20,21,22);1H. The average Bonchev–Trinajstić information content (AvgIpc) is 3.13. The molecule has 0 aliphatic rings. The Balaban J connectivity index is 0.00000364. The average molecular weight is 504 g/mol. The summed E-state index contributed by atoms with van der Waals surface area (Å²) in [5.41, 5.74) is 2.22. The van der Waals surface area contributed by atoms with Crippen molar-refractivity contribution in [2.75, 3.05) is 27.8 Å². The second kappa shape index (κ2) is 12.0. The second-order valence-electron chi connectivity index (χ2n) is 6.12. The second-order valence-corrected chi connectivity index (χ2v) is 7.01. The molecule has 0 saturated carbocycles. The number of ether oxygens (including phenoxy) is 2. The molecule has 0 aliphatic heterocycles. The summed E-state index contributed by atoms with van der Waals surface area (Å²) in [4.78, 5) is 8.89. The third-order valence-corrected chi connectivity index (χ3v) is 5.07. The summed E-state index contributed by atoms with van der Waals surface area (Å²) in [6.07, 6.45) is 0.856. The molecule has 0 amide bonds. The summed E-state index contributed by atoms with van der Waals surface area (Å²) in [6.45, 7) is 5.75. The molecule has 2 N–H and O–H groups in total. The molecule has 0 aliphatic carbocycles. The molecule has 1 heterocycles. The van der Waals surface area contributed by atoms with Gasteiger partial charge in [-0.1, -0.05) is 19.9 Å². The van der Waals surface area contributed by atoms with Gasteiger partial charge < -0.3 is 20.1 Å². The van der Waals surface area contributed by atoms with E-state index in [2.05, 4.69) is 39.8 Å². The SMILES string of the molecule is CN=C(NCCc1ccc(OC)c(OC)c1)NCc1csc(C(C)C)n1.I. The summed E-state index contributed by atoms with van der Waals surface area (Å²) in [7, 11) is 5.06. The minimum absolute atomic E-state index is 0. The number of nitrogens with zero attached hydrogens (tertiary/aromatic N) is 2. The van der Waals surface area contributed by atoms with Crippen LogP contribution in [0.25, 0.3) is 0 Å². The highest BCUT2D eigenvalue weighted by molar-refractivity contribution is 14.0. The fourth-order valence-corrected chi connectivity index (χ4v) is 3.26. The van der Waals surface area contributed by atoms with Gasteiger partial charge in [0.15, 0.2) is 17.5 Å². The van der Waals surface area contributed by atoms with Crippen LogP contribution < -0.4 is 20.1 Å². The molecule has 6 nitrogen and oxygen atoms in total. The number of aromatic nitrogens is 1. The molecule has 2 aromatic rings. The molecular formula is C19H29IN4O2S. The van der Waals surface area contributed by atoms with Crippen LogP contribution in [0.4, 0.5) is 0 Å². The Hall–Kier alpha value is -1.55. The Bertz CT molecular complexity index is 734. The lowest BCUT2D eigenvalue weighted by Gasteiger charge is -2.12. The van der Waals surface area contributed by atoms with Crippen LogP contribution in [0.5, 0.6) is 11.5 Å². The van der Waals surface area contributed by atoms with Gasteiger partial charge in [-0.2, -0.15) is 0 Å². The molecule has 0 unspecified atom stereocenters. The smallest absolute Gasteiger partial charge is 0.191 e. The molecule has 0 bridgehead atoms. The van der Waals surface area contributed by atoms with Crippen LogP contribution in [0.2, 0.25) is 0 Å². The number of hydrogen-bond donors (Lipinski definition) is 2. The minimum Gasteiger partial charge on any atom is -0.493 e. The van der Waals surface area contributed by atoms with Crippen molar-refractivity contribution in [2.24, 2.45) is 4.99 Å². The number of nitrogens with one attached hydrogen (secondary N) is 2. The Morgan fingerprint density at radius 3 is 2.52 bits per heavy atom. The van der Waals surface area contributed by atoms with Crippen molar-refractivity contribution in [3.05, 3.63) is 39.8 Å². The zero-order valence-corrected chi connectivity index (χ0v) is 19.7. The van der Waals surface area contributed by atoms with Crippen LogP contribution >= 0.6 is 35.3 Å². The van der Waals surface area contributed by atoms with Gasteiger partial charge in [-0.25, -0.2) is 4.98 Å². The molecule has 2 rings (SSSR count). The van der Waals surface area contributed by atoms with Gasteiger partial charge in [0.2, 0.25) is 0 Å². The van der Waals surface area contributed by atoms with E-state index in [-0.39, 0.29) is 24.0 Å². The van der Waals surface area contributed by atoms with E-state index in [0.717, 1.165) is 41.1 Å². The van der Waals surface area contributed by atoms with Crippen LogP contribution in [0, 0.1) is 0 Å². The first-order valence-corrected chi connectivity index (χ1v) is 9.55. The monoisotopic (exact) mass is 504 g/mol. The number of rotatable bonds is 8. The van der Waals surface area contributed by atoms with E-state index < -0.39 is 0 Å². The van der Waals surface area contributed by atoms with Crippen LogP contribution in [-0.4, -0.2) is 38.8 Å². The predicted molar refractivity (Wildman–Crippen MR) is 123 cm³/mol. The van der Waals surface area contributed by atoms with E-state index in [1.165, 1.54) is 5.56 Å². The summed E-state index contributed by atoms with van der Waals surface area (Å²) in [5.74, 6) is 2.72. The van der Waals surface area contributed by atoms with Gasteiger partial charge in [-0.3, -0.25) is 4.99 Å². The highest BCUT2D eigenvalue weighted by Crippen LogP contribution is 2.27. The quantitative estimate of drug-likeness (QED) is 0.325. The molecule has 0 radical (unpaired) electrons. The lowest BCUT2D eigenvalue weighted by atomic mass is 10.1. The lowest BCUT2D eigenvalue weighted by Crippen LogP contribution is -2.37. The van der Waals surface area contributed by atoms with Gasteiger partial charge in [0.25, 0.3) is 0 Å². The topological polar surface area (TPSA) is 67.8 Å². The lowest BCUT2D eigenvalue weighted by molar-refractivity contribution is 0.354. The fourth-order valence-electron chi connectivity index (χ4n) is 2.43. The van der Waals surface area contributed by atoms with Crippen molar-refractivity contribution in [3.8, 4) is 11.5 Å². The van der Waals surface area contributed by atoms with E-state index in [9.17, 15) is 0 Å². The number of guanidine groups is 1. The fraction of sp³-hybridized carbons (Fsp3) is 0.474. The van der Waals surface area contributed by atoms with Crippen LogP contribution in [0.1, 0.15) is 36.0 Å². The van der Waals surface area contributed by atoms with Gasteiger partial charge in [0.05, 0.1) is 31.5 Å². The first-order valence-electron chi connectivity index (χ1n) is 8.67. The number of methoxy groups -OCH3 is 2. The normalized spacial score (nSPS) is 11.1. The number of hydrogen-bond acceptors (Lipinski definition) is 5. The van der Waals surface area contributed by atoms with Crippen LogP contribution in [0.3, 0.4) is 0 Å². The van der Waals surface area contributed by atoms with Gasteiger partial charge in [-0.15, -0.1) is 35.3 Å². The zero-order chi connectivity index (χ0) is 18.9. The van der Waals surface area contributed by atoms with E-state index in [1.54, 1.807) is 32.6 Å². The maximum atomic E-state index is 5.34. The van der Waals surface area contributed by atoms with Crippen molar-refractivity contribution >= 4 is 41.3 Å². The number of aliphatic imine (C=N–C) groups is 1. The first kappa shape index (κ1) is 23.5. The number of benzene rings is 1. The maximum Gasteiger partial charge on any atom is 0.191 e.